The van der Waals surface area contributed by atoms with Crippen LogP contribution in [-0.2, 0) is 11.2 Å². The molecule has 17 heavy (non-hydrogen) atoms. The van der Waals surface area contributed by atoms with Crippen molar-refractivity contribution in [3.63, 3.8) is 0 Å². The van der Waals surface area contributed by atoms with Crippen molar-refractivity contribution >= 4 is 22.2 Å². The van der Waals surface area contributed by atoms with Gasteiger partial charge in [0.05, 0.1) is 24.8 Å². The molecule has 2 rings (SSSR count). The van der Waals surface area contributed by atoms with Crippen molar-refractivity contribution in [2.24, 2.45) is 0 Å². The van der Waals surface area contributed by atoms with Crippen molar-refractivity contribution in [2.75, 3.05) is 6.61 Å². The second-order valence-corrected chi connectivity index (χ2v) is 4.73. The predicted molar refractivity (Wildman–Crippen MR) is 66.1 cm³/mol. The monoisotopic (exact) mass is 253 g/mol. The summed E-state index contributed by atoms with van der Waals surface area (Å²) in [7, 11) is 0. The number of amides is 1. The predicted octanol–water partition coefficient (Wildman–Crippen LogP) is 0.825. The lowest BCUT2D eigenvalue weighted by Gasteiger charge is -2.13. The van der Waals surface area contributed by atoms with Crippen molar-refractivity contribution in [2.45, 2.75) is 25.8 Å². The Hall–Kier alpha value is -1.40. The van der Waals surface area contributed by atoms with Crippen LogP contribution in [0.2, 0.25) is 0 Å². The Morgan fingerprint density at radius 3 is 3.18 bits per heavy atom. The van der Waals surface area contributed by atoms with Gasteiger partial charge in [-0.1, -0.05) is 6.92 Å². The fourth-order valence-corrected chi connectivity index (χ4v) is 2.30. The molecular formula is C11H15N3O2S. The molecule has 0 bridgehead atoms. The van der Waals surface area contributed by atoms with Crippen molar-refractivity contribution in [3.8, 4) is 0 Å². The molecule has 92 valence electrons. The first-order valence-electron chi connectivity index (χ1n) is 5.54. The lowest BCUT2D eigenvalue weighted by atomic mass is 10.2. The maximum atomic E-state index is 11.7. The summed E-state index contributed by atoms with van der Waals surface area (Å²) in [6.45, 7) is 1.90. The van der Waals surface area contributed by atoms with Crippen LogP contribution in [0.3, 0.4) is 0 Å². The molecule has 0 aliphatic heterocycles. The summed E-state index contributed by atoms with van der Waals surface area (Å²) >= 11 is 1.54. The molecule has 0 aliphatic carbocycles. The highest BCUT2D eigenvalue weighted by Gasteiger charge is 2.11. The summed E-state index contributed by atoms with van der Waals surface area (Å²) in [5.74, 6) is -0.100. The zero-order chi connectivity index (χ0) is 12.3. The minimum Gasteiger partial charge on any atom is -0.394 e. The smallest absolute Gasteiger partial charge is 0.226 e. The van der Waals surface area contributed by atoms with Crippen LogP contribution in [0.15, 0.2) is 17.8 Å². The van der Waals surface area contributed by atoms with Gasteiger partial charge in [-0.15, -0.1) is 11.3 Å². The van der Waals surface area contributed by atoms with E-state index >= 15 is 0 Å². The standard InChI is InChI=1S/C11H15N3O2S/c1-2-8(7-15)12-10(16)5-9-6-14-3-4-17-11(14)13-9/h3-4,6,8,15H,2,5,7H2,1H3,(H,12,16)/t8-/m1/s1. The summed E-state index contributed by atoms with van der Waals surface area (Å²) in [4.78, 5) is 16.9. The molecule has 0 saturated carbocycles. The Morgan fingerprint density at radius 1 is 1.71 bits per heavy atom. The van der Waals surface area contributed by atoms with E-state index in [0.29, 0.717) is 0 Å². The number of imidazole rings is 1. The number of thiazole rings is 1. The van der Waals surface area contributed by atoms with Crippen LogP contribution in [0.4, 0.5) is 0 Å². The highest BCUT2D eigenvalue weighted by molar-refractivity contribution is 7.15. The molecule has 0 radical (unpaired) electrons. The number of hydrogen-bond donors (Lipinski definition) is 2. The molecule has 1 amide bonds. The van der Waals surface area contributed by atoms with E-state index in [4.69, 9.17) is 5.11 Å². The van der Waals surface area contributed by atoms with Crippen LogP contribution in [0.1, 0.15) is 19.0 Å². The van der Waals surface area contributed by atoms with Crippen LogP contribution in [0.25, 0.3) is 4.96 Å². The van der Waals surface area contributed by atoms with Gasteiger partial charge in [0.1, 0.15) is 0 Å². The zero-order valence-corrected chi connectivity index (χ0v) is 10.4. The number of nitrogens with zero attached hydrogens (tertiary/aromatic N) is 2. The quantitative estimate of drug-likeness (QED) is 0.829. The first kappa shape index (κ1) is 12.1. The zero-order valence-electron chi connectivity index (χ0n) is 9.59. The molecule has 0 spiro atoms. The fourth-order valence-electron chi connectivity index (χ4n) is 1.58. The normalized spacial score (nSPS) is 12.8. The molecule has 2 N–H and O–H groups in total. The molecule has 0 unspecified atom stereocenters. The van der Waals surface area contributed by atoms with Crippen molar-refractivity contribution in [1.29, 1.82) is 0 Å². The van der Waals surface area contributed by atoms with E-state index in [2.05, 4.69) is 10.3 Å². The third-order valence-corrected chi connectivity index (χ3v) is 3.33. The molecular weight excluding hydrogens is 238 g/mol. The van der Waals surface area contributed by atoms with E-state index in [1.165, 1.54) is 11.3 Å². The molecule has 0 aliphatic rings. The van der Waals surface area contributed by atoms with Crippen molar-refractivity contribution < 1.29 is 9.90 Å². The summed E-state index contributed by atoms with van der Waals surface area (Å²) in [5, 5.41) is 13.7. The van der Waals surface area contributed by atoms with E-state index in [0.717, 1.165) is 17.1 Å². The second-order valence-electron chi connectivity index (χ2n) is 3.86. The number of aliphatic hydroxyl groups excluding tert-OH is 1. The number of aliphatic hydroxyl groups is 1. The van der Waals surface area contributed by atoms with Crippen LogP contribution in [0, 0.1) is 0 Å². The van der Waals surface area contributed by atoms with Gasteiger partial charge >= 0.3 is 0 Å². The molecule has 2 aromatic heterocycles. The first-order valence-corrected chi connectivity index (χ1v) is 6.42. The molecule has 2 aromatic rings. The molecule has 1 atom stereocenters. The van der Waals surface area contributed by atoms with Crippen molar-refractivity contribution in [3.05, 3.63) is 23.5 Å². The minimum atomic E-state index is -0.161. The molecule has 2 heterocycles. The van der Waals surface area contributed by atoms with Gasteiger partial charge < -0.3 is 10.4 Å². The van der Waals surface area contributed by atoms with Crippen LogP contribution >= 0.6 is 11.3 Å². The van der Waals surface area contributed by atoms with E-state index in [9.17, 15) is 4.79 Å². The Kier molecular flexibility index (Phi) is 3.75. The van der Waals surface area contributed by atoms with Gasteiger partial charge in [-0.05, 0) is 6.42 Å². The maximum absolute atomic E-state index is 11.7. The van der Waals surface area contributed by atoms with Gasteiger partial charge in [0.15, 0.2) is 4.96 Å². The summed E-state index contributed by atoms with van der Waals surface area (Å²) < 4.78 is 1.90. The third-order valence-electron chi connectivity index (χ3n) is 2.56. The van der Waals surface area contributed by atoms with Gasteiger partial charge in [0.2, 0.25) is 5.91 Å². The molecule has 5 nitrogen and oxygen atoms in total. The molecule has 0 fully saturated rings. The minimum absolute atomic E-state index is 0.0273. The molecule has 0 saturated heterocycles. The Balaban J connectivity index is 1.96. The number of fused-ring (bicyclic) bond motifs is 1. The van der Waals surface area contributed by atoms with E-state index in [1.54, 1.807) is 0 Å². The van der Waals surface area contributed by atoms with Gasteiger partial charge in [0, 0.05) is 17.8 Å². The van der Waals surface area contributed by atoms with Gasteiger partial charge in [-0.2, -0.15) is 0 Å². The van der Waals surface area contributed by atoms with Gasteiger partial charge in [0.25, 0.3) is 0 Å². The first-order chi connectivity index (χ1) is 8.22. The summed E-state index contributed by atoms with van der Waals surface area (Å²) in [6, 6.07) is -0.161. The lowest BCUT2D eigenvalue weighted by molar-refractivity contribution is -0.121. The average molecular weight is 253 g/mol. The van der Waals surface area contributed by atoms with Crippen LogP contribution in [0.5, 0.6) is 0 Å². The SMILES string of the molecule is CC[C@H](CO)NC(=O)Cc1cn2ccsc2n1. The van der Waals surface area contributed by atoms with E-state index < -0.39 is 0 Å². The van der Waals surface area contributed by atoms with Crippen LogP contribution < -0.4 is 5.32 Å². The highest BCUT2D eigenvalue weighted by Crippen LogP contribution is 2.11. The number of carbonyl (C=O) groups is 1. The van der Waals surface area contributed by atoms with E-state index in [-0.39, 0.29) is 25.0 Å². The number of nitrogens with one attached hydrogen (secondary N) is 1. The van der Waals surface area contributed by atoms with Gasteiger partial charge in [-0.3, -0.25) is 9.20 Å². The lowest BCUT2D eigenvalue weighted by Crippen LogP contribution is -2.37. The number of aromatic nitrogens is 2. The molecule has 6 heteroatoms. The third kappa shape index (κ3) is 2.83. The summed E-state index contributed by atoms with van der Waals surface area (Å²) in [5.41, 5.74) is 0.752. The number of hydrogen-bond acceptors (Lipinski definition) is 4. The summed E-state index contributed by atoms with van der Waals surface area (Å²) in [6.07, 6.45) is 4.74. The maximum Gasteiger partial charge on any atom is 0.226 e. The highest BCUT2D eigenvalue weighted by atomic mass is 32.1. The van der Waals surface area contributed by atoms with E-state index in [1.807, 2.05) is 29.1 Å². The largest absolute Gasteiger partial charge is 0.394 e. The van der Waals surface area contributed by atoms with Crippen LogP contribution in [-0.4, -0.2) is 33.0 Å². The Labute approximate surface area is 103 Å². The topological polar surface area (TPSA) is 66.6 Å². The Morgan fingerprint density at radius 2 is 2.53 bits per heavy atom. The van der Waals surface area contributed by atoms with Gasteiger partial charge in [-0.25, -0.2) is 4.98 Å². The number of rotatable bonds is 5. The molecule has 0 aromatic carbocycles. The number of carbonyl (C=O) groups excluding carboxylic acids is 1. The Bertz CT molecular complexity index is 473. The second kappa shape index (κ2) is 5.29. The average Bonchev–Trinajstić information content (AvgIpc) is 2.86. The fraction of sp³-hybridized carbons (Fsp3) is 0.455. The van der Waals surface area contributed by atoms with Crippen molar-refractivity contribution in [1.82, 2.24) is 14.7 Å².